The first-order valence-electron chi connectivity index (χ1n) is 12.8. The lowest BCUT2D eigenvalue weighted by Gasteiger charge is -2.35. The van der Waals surface area contributed by atoms with Gasteiger partial charge in [0.2, 0.25) is 0 Å². The van der Waals surface area contributed by atoms with Gasteiger partial charge in [-0.2, -0.15) is 0 Å². The molecule has 10 N–H and O–H groups in total. The molecule has 4 aromatic carbocycles. The molecule has 0 radical (unpaired) electrons. The molecule has 2 aliphatic rings. The highest BCUT2D eigenvalue weighted by atomic mass is 16.5. The third-order valence-electron chi connectivity index (χ3n) is 7.60. The number of hydrogen-bond donors (Lipinski definition) is 10. The van der Waals surface area contributed by atoms with E-state index in [1.165, 1.54) is 36.4 Å². The van der Waals surface area contributed by atoms with E-state index in [0.717, 1.165) is 12.1 Å². The van der Waals surface area contributed by atoms with Crippen molar-refractivity contribution in [3.05, 3.63) is 70.8 Å². The van der Waals surface area contributed by atoms with Gasteiger partial charge in [0, 0.05) is 36.1 Å². The predicted molar refractivity (Wildman–Crippen MR) is 144 cm³/mol. The number of ether oxygens (including phenoxy) is 2. The summed E-state index contributed by atoms with van der Waals surface area (Å²) in [4.78, 5) is 0. The van der Waals surface area contributed by atoms with E-state index in [0.29, 0.717) is 0 Å². The molecule has 2 heterocycles. The zero-order valence-corrected chi connectivity index (χ0v) is 21.6. The van der Waals surface area contributed by atoms with Crippen molar-refractivity contribution in [2.45, 2.75) is 37.3 Å². The molecule has 6 rings (SSSR count). The van der Waals surface area contributed by atoms with Crippen LogP contribution in [0.5, 0.6) is 57.5 Å². The monoisotopic (exact) mass is 578 g/mol. The normalized spacial score (nSPS) is 21.1. The number of aromatic hydroxyl groups is 8. The van der Waals surface area contributed by atoms with Gasteiger partial charge in [-0.1, -0.05) is 12.1 Å². The Labute approximate surface area is 237 Å². The molecule has 0 fully saturated rings. The molecule has 0 spiro atoms. The van der Waals surface area contributed by atoms with Crippen LogP contribution in [0.25, 0.3) is 11.1 Å². The summed E-state index contributed by atoms with van der Waals surface area (Å²) in [6.45, 7) is 0. The van der Waals surface area contributed by atoms with Crippen molar-refractivity contribution in [1.82, 2.24) is 0 Å². The van der Waals surface area contributed by atoms with Crippen LogP contribution in [0, 0.1) is 0 Å². The van der Waals surface area contributed by atoms with Crippen LogP contribution in [0.1, 0.15) is 34.5 Å². The molecule has 2 aliphatic heterocycles. The van der Waals surface area contributed by atoms with E-state index >= 15 is 0 Å². The smallest absolute Gasteiger partial charge is 0.157 e. The first-order valence-corrected chi connectivity index (χ1v) is 12.8. The summed E-state index contributed by atoms with van der Waals surface area (Å²) in [6, 6.07) is 9.64. The van der Waals surface area contributed by atoms with E-state index in [1.54, 1.807) is 0 Å². The van der Waals surface area contributed by atoms with Crippen molar-refractivity contribution in [3.8, 4) is 68.6 Å². The molecule has 0 aliphatic carbocycles. The number of benzene rings is 4. The third-order valence-corrected chi connectivity index (χ3v) is 7.60. The van der Waals surface area contributed by atoms with Gasteiger partial charge in [-0.05, 0) is 35.4 Å². The van der Waals surface area contributed by atoms with Crippen molar-refractivity contribution in [2.75, 3.05) is 0 Å². The SMILES string of the molecule is Oc1ccc([C@H]2Oc3c(c(O)cc(O)c3-c3c(O)cc(O)c4c3O[C@H](c3ccc(O)c(O)c3)[C@H](O)C4)C[C@H]2O)cc1O. The van der Waals surface area contributed by atoms with Crippen LogP contribution in [-0.4, -0.2) is 63.3 Å². The molecule has 12 nitrogen and oxygen atoms in total. The molecule has 0 amide bonds. The zero-order chi connectivity index (χ0) is 30.0. The fourth-order valence-electron chi connectivity index (χ4n) is 5.54. The van der Waals surface area contributed by atoms with Crippen molar-refractivity contribution in [3.63, 3.8) is 0 Å². The molecule has 0 saturated heterocycles. The first-order chi connectivity index (χ1) is 19.9. The molecular weight excluding hydrogens is 552 g/mol. The highest BCUT2D eigenvalue weighted by Gasteiger charge is 2.40. The number of phenolic OH excluding ortho intramolecular Hbond substituents is 8. The van der Waals surface area contributed by atoms with Crippen molar-refractivity contribution in [2.24, 2.45) is 0 Å². The molecule has 12 heteroatoms. The zero-order valence-electron chi connectivity index (χ0n) is 21.6. The largest absolute Gasteiger partial charge is 0.507 e. The minimum absolute atomic E-state index is 0.0895. The summed E-state index contributed by atoms with van der Waals surface area (Å²) in [5.41, 5.74) is 0.403. The van der Waals surface area contributed by atoms with Crippen molar-refractivity contribution < 1.29 is 60.5 Å². The van der Waals surface area contributed by atoms with Crippen LogP contribution >= 0.6 is 0 Å². The Kier molecular flexibility index (Phi) is 6.24. The number of hydrogen-bond acceptors (Lipinski definition) is 12. The summed E-state index contributed by atoms with van der Waals surface area (Å²) < 4.78 is 12.2. The van der Waals surface area contributed by atoms with Gasteiger partial charge in [-0.3, -0.25) is 0 Å². The van der Waals surface area contributed by atoms with E-state index in [1.807, 2.05) is 0 Å². The second-order valence-corrected chi connectivity index (χ2v) is 10.3. The fraction of sp³-hybridized carbons (Fsp3) is 0.200. The molecule has 218 valence electrons. The van der Waals surface area contributed by atoms with Gasteiger partial charge in [0.1, 0.15) is 46.7 Å². The predicted octanol–water partition coefficient (Wildman–Crippen LogP) is 3.07. The summed E-state index contributed by atoms with van der Waals surface area (Å²) in [5, 5.41) is 105. The maximum atomic E-state index is 11.1. The van der Waals surface area contributed by atoms with Crippen LogP contribution in [-0.2, 0) is 12.8 Å². The quantitative estimate of drug-likeness (QED) is 0.159. The summed E-state index contributed by atoms with van der Waals surface area (Å²) in [6.07, 6.45) is -5.09. The molecule has 0 unspecified atom stereocenters. The molecule has 0 saturated carbocycles. The molecular formula is C30H26O12. The van der Waals surface area contributed by atoms with E-state index in [2.05, 4.69) is 0 Å². The summed E-state index contributed by atoms with van der Waals surface area (Å²) >= 11 is 0. The molecule has 0 bridgehead atoms. The fourth-order valence-corrected chi connectivity index (χ4v) is 5.54. The number of phenols is 8. The highest BCUT2D eigenvalue weighted by Crippen LogP contribution is 2.57. The van der Waals surface area contributed by atoms with Crippen molar-refractivity contribution in [1.29, 1.82) is 0 Å². The lowest BCUT2D eigenvalue weighted by Crippen LogP contribution is -2.31. The minimum atomic E-state index is -1.23. The lowest BCUT2D eigenvalue weighted by atomic mass is 9.87. The van der Waals surface area contributed by atoms with Gasteiger partial charge >= 0.3 is 0 Å². The Hall–Kier alpha value is -5.20. The van der Waals surface area contributed by atoms with E-state index < -0.39 is 70.4 Å². The number of rotatable bonds is 3. The number of aliphatic hydroxyl groups excluding tert-OH is 2. The first kappa shape index (κ1) is 27.0. The van der Waals surface area contributed by atoms with Crippen LogP contribution in [0.3, 0.4) is 0 Å². The Bertz CT molecular complexity index is 1610. The maximum Gasteiger partial charge on any atom is 0.157 e. The Balaban J connectivity index is 1.53. The second-order valence-electron chi connectivity index (χ2n) is 10.3. The Morgan fingerprint density at radius 3 is 1.19 bits per heavy atom. The topological polar surface area (TPSA) is 221 Å². The summed E-state index contributed by atoms with van der Waals surface area (Å²) in [7, 11) is 0. The van der Waals surface area contributed by atoms with Gasteiger partial charge < -0.3 is 60.5 Å². The minimum Gasteiger partial charge on any atom is -0.507 e. The molecule has 0 aromatic heterocycles. The van der Waals surface area contributed by atoms with Gasteiger partial charge in [0.05, 0.1) is 23.3 Å². The number of fused-ring (bicyclic) bond motifs is 2. The highest BCUT2D eigenvalue weighted by molar-refractivity contribution is 5.89. The average Bonchev–Trinajstić information content (AvgIpc) is 2.93. The van der Waals surface area contributed by atoms with Crippen LogP contribution < -0.4 is 9.47 Å². The molecule has 4 aromatic rings. The van der Waals surface area contributed by atoms with Crippen LogP contribution in [0.2, 0.25) is 0 Å². The molecule has 4 atom stereocenters. The number of aliphatic hydroxyl groups is 2. The van der Waals surface area contributed by atoms with Crippen LogP contribution in [0.4, 0.5) is 0 Å². The van der Waals surface area contributed by atoms with Crippen molar-refractivity contribution >= 4 is 0 Å². The van der Waals surface area contributed by atoms with E-state index in [4.69, 9.17) is 9.47 Å². The Morgan fingerprint density at radius 2 is 0.833 bits per heavy atom. The van der Waals surface area contributed by atoms with E-state index in [9.17, 15) is 51.1 Å². The Morgan fingerprint density at radius 1 is 0.452 bits per heavy atom. The van der Waals surface area contributed by atoms with Gasteiger partial charge in [0.15, 0.2) is 23.0 Å². The molecule has 42 heavy (non-hydrogen) atoms. The standard InChI is InChI=1S/C30H26O12/c31-15-3-1-11(5-19(15)35)27-23(39)7-13-17(33)9-21(37)25(29(13)41-27)26-22(38)10-18(34)14-8-24(40)28(42-30(14)26)12-2-4-16(32)20(36)6-12/h1-6,9-10,23-24,27-28,31-40H,7-8H2/t23-,24-,27-,28-/m1/s1. The van der Waals surface area contributed by atoms with Gasteiger partial charge in [-0.15, -0.1) is 0 Å². The maximum absolute atomic E-state index is 11.1. The lowest BCUT2D eigenvalue weighted by molar-refractivity contribution is 0.0186. The third kappa shape index (κ3) is 4.24. The second kappa shape index (κ2) is 9.72. The van der Waals surface area contributed by atoms with Gasteiger partial charge in [0.25, 0.3) is 0 Å². The summed E-state index contributed by atoms with van der Waals surface area (Å²) in [5.74, 6) is -3.88. The van der Waals surface area contributed by atoms with Gasteiger partial charge in [-0.25, -0.2) is 0 Å². The van der Waals surface area contributed by atoms with E-state index in [-0.39, 0.29) is 57.7 Å². The average molecular weight is 579 g/mol. The van der Waals surface area contributed by atoms with Crippen LogP contribution in [0.15, 0.2) is 48.5 Å².